The Bertz CT molecular complexity index is 1000. The molecule has 6 nitrogen and oxygen atoms in total. The molecule has 2 heterocycles. The zero-order valence-corrected chi connectivity index (χ0v) is 17.3. The molecule has 0 fully saturated rings. The van der Waals surface area contributed by atoms with Gasteiger partial charge in [-0.1, -0.05) is 37.6 Å². The van der Waals surface area contributed by atoms with Crippen LogP contribution in [0, 0.1) is 0 Å². The quantitative estimate of drug-likeness (QED) is 0.417. The van der Waals surface area contributed by atoms with Gasteiger partial charge in [0.25, 0.3) is 5.56 Å². The minimum atomic E-state index is -0.159. The second-order valence-electron chi connectivity index (χ2n) is 6.29. The predicted octanol–water partition coefficient (Wildman–Crippen LogP) is 4.14. The summed E-state index contributed by atoms with van der Waals surface area (Å²) in [5, 5.41) is 3.66. The zero-order valence-electron chi connectivity index (χ0n) is 15.0. The lowest BCUT2D eigenvalue weighted by atomic mass is 10.1. The van der Waals surface area contributed by atoms with Crippen LogP contribution >= 0.6 is 27.5 Å². The van der Waals surface area contributed by atoms with Gasteiger partial charge in [0.05, 0.1) is 16.5 Å². The van der Waals surface area contributed by atoms with Crippen molar-refractivity contribution in [3.05, 3.63) is 56.4 Å². The maximum absolute atomic E-state index is 13.1. The number of fused-ring (bicyclic) bond motifs is 1. The minimum Gasteiger partial charge on any atom is -0.369 e. The van der Waals surface area contributed by atoms with Gasteiger partial charge >= 0.3 is 0 Å². The molecule has 0 aliphatic heterocycles. The number of alkyl halides is 1. The summed E-state index contributed by atoms with van der Waals surface area (Å²) in [6.07, 6.45) is 3.75. The summed E-state index contributed by atoms with van der Waals surface area (Å²) in [7, 11) is 0. The van der Waals surface area contributed by atoms with E-state index in [-0.39, 0.29) is 11.5 Å². The molecular formula is C19H21BrClN5O. The number of hydrogen-bond donors (Lipinski definition) is 2. The van der Waals surface area contributed by atoms with Crippen molar-refractivity contribution in [1.82, 2.24) is 14.5 Å². The van der Waals surface area contributed by atoms with E-state index in [1.165, 1.54) is 0 Å². The van der Waals surface area contributed by atoms with Gasteiger partial charge in [-0.25, -0.2) is 4.98 Å². The lowest BCUT2D eigenvalue weighted by molar-refractivity contribution is 0.763. The number of halogens is 2. The van der Waals surface area contributed by atoms with E-state index in [4.69, 9.17) is 17.3 Å². The van der Waals surface area contributed by atoms with Crippen molar-refractivity contribution in [2.24, 2.45) is 0 Å². The molecule has 0 unspecified atom stereocenters. The number of benzene rings is 1. The first-order valence-electron chi connectivity index (χ1n) is 8.77. The maximum atomic E-state index is 13.1. The first-order chi connectivity index (χ1) is 13.0. The van der Waals surface area contributed by atoms with E-state index >= 15 is 0 Å². The molecule has 0 bridgehead atoms. The topological polar surface area (TPSA) is 85.8 Å². The van der Waals surface area contributed by atoms with E-state index in [2.05, 4.69) is 38.1 Å². The van der Waals surface area contributed by atoms with Gasteiger partial charge < -0.3 is 15.6 Å². The highest BCUT2D eigenvalue weighted by Crippen LogP contribution is 2.25. The van der Waals surface area contributed by atoms with Crippen molar-refractivity contribution in [1.29, 1.82) is 0 Å². The molecule has 142 valence electrons. The van der Waals surface area contributed by atoms with E-state index in [1.807, 2.05) is 24.3 Å². The number of unbranched alkanes of at least 4 members (excludes halogenated alkanes) is 1. The number of hydrogen-bond acceptors (Lipinski definition) is 5. The van der Waals surface area contributed by atoms with Crippen LogP contribution in [-0.2, 0) is 12.4 Å². The third-order valence-corrected chi connectivity index (χ3v) is 5.14. The number of nitrogens with one attached hydrogen (secondary N) is 1. The van der Waals surface area contributed by atoms with Crippen LogP contribution in [0.15, 0.2) is 39.7 Å². The molecular weight excluding hydrogens is 430 g/mol. The van der Waals surface area contributed by atoms with Crippen molar-refractivity contribution < 1.29 is 0 Å². The highest BCUT2D eigenvalue weighted by atomic mass is 79.9. The lowest BCUT2D eigenvalue weighted by Gasteiger charge is -2.13. The van der Waals surface area contributed by atoms with Crippen LogP contribution in [0.2, 0.25) is 0 Å². The smallest absolute Gasteiger partial charge is 0.264 e. The second kappa shape index (κ2) is 8.71. The van der Waals surface area contributed by atoms with Crippen LogP contribution in [0.3, 0.4) is 0 Å². The number of nitrogens with zero attached hydrogens (tertiary/aromatic N) is 3. The number of pyridine rings is 1. The Morgan fingerprint density at radius 3 is 2.59 bits per heavy atom. The molecule has 0 aliphatic carbocycles. The molecule has 0 radical (unpaired) electrons. The maximum Gasteiger partial charge on any atom is 0.264 e. The summed E-state index contributed by atoms with van der Waals surface area (Å²) in [5.74, 6) is 1.08. The molecule has 0 saturated heterocycles. The Morgan fingerprint density at radius 1 is 1.22 bits per heavy atom. The minimum absolute atomic E-state index is 0.135. The monoisotopic (exact) mass is 449 g/mol. The lowest BCUT2D eigenvalue weighted by Crippen LogP contribution is -2.23. The number of anilines is 2. The van der Waals surface area contributed by atoms with Crippen LogP contribution in [0.25, 0.3) is 10.9 Å². The Labute approximate surface area is 170 Å². The largest absolute Gasteiger partial charge is 0.369 e. The van der Waals surface area contributed by atoms with Crippen LogP contribution in [0.5, 0.6) is 0 Å². The van der Waals surface area contributed by atoms with Crippen molar-refractivity contribution in [3.63, 3.8) is 0 Å². The van der Waals surface area contributed by atoms with E-state index in [1.54, 1.807) is 10.8 Å². The van der Waals surface area contributed by atoms with Gasteiger partial charge in [0.1, 0.15) is 11.2 Å². The van der Waals surface area contributed by atoms with Gasteiger partial charge in [-0.15, -0.1) is 11.6 Å². The molecule has 27 heavy (non-hydrogen) atoms. The molecule has 8 heteroatoms. The van der Waals surface area contributed by atoms with E-state index in [9.17, 15) is 4.79 Å². The summed E-state index contributed by atoms with van der Waals surface area (Å²) in [6, 6.07) is 7.88. The van der Waals surface area contributed by atoms with E-state index < -0.39 is 0 Å². The fraction of sp³-hybridized carbons (Fsp3) is 0.316. The Morgan fingerprint density at radius 2 is 1.93 bits per heavy atom. The molecule has 3 aromatic rings. The van der Waals surface area contributed by atoms with Gasteiger partial charge in [0.15, 0.2) is 0 Å². The summed E-state index contributed by atoms with van der Waals surface area (Å²) < 4.78 is 2.34. The summed E-state index contributed by atoms with van der Waals surface area (Å²) in [5.41, 5.74) is 8.24. The normalized spacial score (nSPS) is 11.1. The third-order valence-electron chi connectivity index (χ3n) is 4.25. The average molecular weight is 451 g/mol. The molecule has 2 aromatic heterocycles. The fourth-order valence-corrected chi connectivity index (χ4v) is 3.53. The molecule has 3 N–H and O–H groups in total. The van der Waals surface area contributed by atoms with Crippen LogP contribution in [0.4, 0.5) is 11.8 Å². The van der Waals surface area contributed by atoms with E-state index in [0.717, 1.165) is 24.0 Å². The average Bonchev–Trinajstić information content (AvgIpc) is 2.66. The molecule has 0 atom stereocenters. The van der Waals surface area contributed by atoms with Gasteiger partial charge in [-0.05, 0) is 33.5 Å². The number of nitrogens with two attached hydrogens (primary N) is 1. The summed E-state index contributed by atoms with van der Waals surface area (Å²) in [6.45, 7) is 3.26. The number of rotatable bonds is 7. The Hall–Kier alpha value is -2.12. The van der Waals surface area contributed by atoms with Crippen molar-refractivity contribution in [3.8, 4) is 0 Å². The highest BCUT2D eigenvalue weighted by molar-refractivity contribution is 9.10. The first-order valence-corrected chi connectivity index (χ1v) is 10.1. The standard InChI is InChI=1S/C19H21BrClN5O/c1-2-3-8-23-17-15-16(24-19(22)25-17)14(20)11-26(18(15)27)10-13-6-4-12(9-21)5-7-13/h4-7,11H,2-3,8-10H2,1H3,(H3,22,23,24,25). The molecule has 3 rings (SSSR count). The third kappa shape index (κ3) is 4.42. The Kier molecular flexibility index (Phi) is 6.34. The molecule has 0 spiro atoms. The fourth-order valence-electron chi connectivity index (χ4n) is 2.81. The number of nitrogen functional groups attached to an aromatic ring is 1. The van der Waals surface area contributed by atoms with Crippen molar-refractivity contribution in [2.45, 2.75) is 32.2 Å². The molecule has 0 amide bonds. The zero-order chi connectivity index (χ0) is 19.4. The van der Waals surface area contributed by atoms with E-state index in [0.29, 0.717) is 40.2 Å². The van der Waals surface area contributed by atoms with Crippen LogP contribution in [-0.4, -0.2) is 21.1 Å². The van der Waals surface area contributed by atoms with Crippen molar-refractivity contribution >= 4 is 50.2 Å². The first kappa shape index (κ1) is 19.6. The summed E-state index contributed by atoms with van der Waals surface area (Å²) in [4.78, 5) is 21.6. The Balaban J connectivity index is 2.06. The van der Waals surface area contributed by atoms with Crippen molar-refractivity contribution in [2.75, 3.05) is 17.6 Å². The van der Waals surface area contributed by atoms with Crippen LogP contribution < -0.4 is 16.6 Å². The van der Waals surface area contributed by atoms with Crippen LogP contribution in [0.1, 0.15) is 30.9 Å². The summed E-state index contributed by atoms with van der Waals surface area (Å²) >= 11 is 9.36. The number of aromatic nitrogens is 3. The van der Waals surface area contributed by atoms with Gasteiger partial charge in [0, 0.05) is 18.6 Å². The predicted molar refractivity (Wildman–Crippen MR) is 114 cm³/mol. The van der Waals surface area contributed by atoms with Gasteiger partial charge in [0.2, 0.25) is 5.95 Å². The highest BCUT2D eigenvalue weighted by Gasteiger charge is 2.15. The molecule has 0 aliphatic rings. The molecule has 0 saturated carbocycles. The molecule has 1 aromatic carbocycles. The van der Waals surface area contributed by atoms with Gasteiger partial charge in [-0.2, -0.15) is 4.98 Å². The van der Waals surface area contributed by atoms with Gasteiger partial charge in [-0.3, -0.25) is 4.79 Å². The SMILES string of the molecule is CCCCNc1nc(N)nc2c(Br)cn(Cc3ccc(CCl)cc3)c(=O)c12. The second-order valence-corrected chi connectivity index (χ2v) is 7.42.